The van der Waals surface area contributed by atoms with E-state index in [4.69, 9.17) is 16.7 Å². The summed E-state index contributed by atoms with van der Waals surface area (Å²) in [7, 11) is 0. The normalized spacial score (nSPS) is 10.3. The van der Waals surface area contributed by atoms with E-state index in [2.05, 4.69) is 10.6 Å². The number of aliphatic hydroxyl groups is 1. The molecule has 2 aromatic carbocycles. The summed E-state index contributed by atoms with van der Waals surface area (Å²) in [5, 5.41) is 14.8. The van der Waals surface area contributed by atoms with Crippen molar-refractivity contribution in [1.29, 1.82) is 0 Å². The zero-order valence-electron chi connectivity index (χ0n) is 11.8. The number of benzene rings is 2. The first-order chi connectivity index (χ1) is 10.6. The molecule has 2 rings (SSSR count). The summed E-state index contributed by atoms with van der Waals surface area (Å²) >= 11 is 5.97. The van der Waals surface area contributed by atoms with E-state index in [-0.39, 0.29) is 24.9 Å². The first-order valence-corrected chi connectivity index (χ1v) is 7.15. The van der Waals surface area contributed by atoms with Crippen molar-refractivity contribution in [3.63, 3.8) is 0 Å². The van der Waals surface area contributed by atoms with Crippen LogP contribution in [0.25, 0.3) is 0 Å². The number of nitrogens with one attached hydrogen (secondary N) is 2. The summed E-state index contributed by atoms with van der Waals surface area (Å²) in [6.45, 7) is 0.523. The fourth-order valence-electron chi connectivity index (χ4n) is 1.90. The smallest absolute Gasteiger partial charge is 0.251 e. The fourth-order valence-corrected chi connectivity index (χ4v) is 2.14. The predicted molar refractivity (Wildman–Crippen MR) is 84.6 cm³/mol. The van der Waals surface area contributed by atoms with Crippen LogP contribution in [0.2, 0.25) is 5.02 Å². The molecule has 0 spiro atoms. The summed E-state index contributed by atoms with van der Waals surface area (Å²) < 4.78 is 13.0. The molecule has 3 N–H and O–H groups in total. The Bertz CT molecular complexity index is 664. The topological polar surface area (TPSA) is 61.4 Å². The molecule has 0 saturated heterocycles. The number of carbonyl (C=O) groups is 1. The van der Waals surface area contributed by atoms with Gasteiger partial charge in [0.1, 0.15) is 5.82 Å². The van der Waals surface area contributed by atoms with Crippen molar-refractivity contribution in [2.75, 3.05) is 18.5 Å². The maximum absolute atomic E-state index is 13.0. The number of aliphatic hydroxyl groups excluding tert-OH is 1. The van der Waals surface area contributed by atoms with Crippen LogP contribution in [0.15, 0.2) is 42.5 Å². The zero-order valence-corrected chi connectivity index (χ0v) is 12.5. The minimum atomic E-state index is -0.378. The van der Waals surface area contributed by atoms with Crippen LogP contribution in [0.3, 0.4) is 0 Å². The predicted octanol–water partition coefficient (Wildman–Crippen LogP) is 2.81. The first-order valence-electron chi connectivity index (χ1n) is 6.77. The minimum Gasteiger partial charge on any atom is -0.395 e. The molecule has 116 valence electrons. The van der Waals surface area contributed by atoms with Crippen molar-refractivity contribution >= 4 is 23.2 Å². The Balaban J connectivity index is 2.02. The molecule has 0 fully saturated rings. The van der Waals surface area contributed by atoms with Gasteiger partial charge in [-0.05, 0) is 35.9 Å². The lowest BCUT2D eigenvalue weighted by Crippen LogP contribution is -2.26. The van der Waals surface area contributed by atoms with Gasteiger partial charge in [0, 0.05) is 29.4 Å². The molecular weight excluding hydrogens is 307 g/mol. The van der Waals surface area contributed by atoms with Gasteiger partial charge in [-0.2, -0.15) is 0 Å². The SMILES string of the molecule is O=C(NCCO)c1cccc(NCc2ccc(F)cc2Cl)c1. The van der Waals surface area contributed by atoms with Crippen LogP contribution in [-0.2, 0) is 6.54 Å². The van der Waals surface area contributed by atoms with E-state index in [9.17, 15) is 9.18 Å². The Hall–Kier alpha value is -2.11. The van der Waals surface area contributed by atoms with Crippen molar-refractivity contribution in [2.24, 2.45) is 0 Å². The van der Waals surface area contributed by atoms with Gasteiger partial charge in [-0.25, -0.2) is 4.39 Å². The first kappa shape index (κ1) is 16.3. The van der Waals surface area contributed by atoms with Crippen molar-refractivity contribution in [3.05, 3.63) is 64.4 Å². The molecule has 0 saturated carbocycles. The molecule has 4 nitrogen and oxygen atoms in total. The molecule has 0 aromatic heterocycles. The van der Waals surface area contributed by atoms with Crippen molar-refractivity contribution < 1.29 is 14.3 Å². The second kappa shape index (κ2) is 7.77. The van der Waals surface area contributed by atoms with Gasteiger partial charge in [0.2, 0.25) is 0 Å². The maximum Gasteiger partial charge on any atom is 0.251 e. The van der Waals surface area contributed by atoms with Crippen molar-refractivity contribution in [2.45, 2.75) is 6.54 Å². The number of rotatable bonds is 6. The van der Waals surface area contributed by atoms with Gasteiger partial charge in [-0.15, -0.1) is 0 Å². The molecule has 0 aliphatic rings. The molecule has 0 heterocycles. The average Bonchev–Trinajstić information content (AvgIpc) is 2.52. The van der Waals surface area contributed by atoms with Gasteiger partial charge >= 0.3 is 0 Å². The number of hydrogen-bond acceptors (Lipinski definition) is 3. The minimum absolute atomic E-state index is 0.104. The van der Waals surface area contributed by atoms with Crippen LogP contribution in [0.1, 0.15) is 15.9 Å². The third-order valence-corrected chi connectivity index (χ3v) is 3.37. The summed E-state index contributed by atoms with van der Waals surface area (Å²) in [6.07, 6.45) is 0. The van der Waals surface area contributed by atoms with Crippen LogP contribution in [0, 0.1) is 5.82 Å². The van der Waals surface area contributed by atoms with Crippen LogP contribution in [0.4, 0.5) is 10.1 Å². The Morgan fingerprint density at radius 1 is 1.23 bits per heavy atom. The van der Waals surface area contributed by atoms with E-state index in [1.807, 2.05) is 6.07 Å². The molecule has 0 atom stereocenters. The molecule has 6 heteroatoms. The number of amides is 1. The van der Waals surface area contributed by atoms with Gasteiger partial charge in [0.25, 0.3) is 5.91 Å². The second-order valence-corrected chi connectivity index (χ2v) is 5.06. The van der Waals surface area contributed by atoms with Crippen molar-refractivity contribution in [3.8, 4) is 0 Å². The molecule has 0 unspecified atom stereocenters. The highest BCUT2D eigenvalue weighted by Gasteiger charge is 2.06. The number of hydrogen-bond donors (Lipinski definition) is 3. The lowest BCUT2D eigenvalue weighted by atomic mass is 10.1. The maximum atomic E-state index is 13.0. The van der Waals surface area contributed by atoms with E-state index < -0.39 is 0 Å². The Kier molecular flexibility index (Phi) is 5.75. The van der Waals surface area contributed by atoms with E-state index >= 15 is 0 Å². The summed E-state index contributed by atoms with van der Waals surface area (Å²) in [5.74, 6) is -0.631. The lowest BCUT2D eigenvalue weighted by Gasteiger charge is -2.10. The number of halogens is 2. The van der Waals surface area contributed by atoms with Gasteiger partial charge in [0.05, 0.1) is 6.61 Å². The molecule has 0 bridgehead atoms. The fraction of sp³-hybridized carbons (Fsp3) is 0.188. The molecule has 1 amide bonds. The third kappa shape index (κ3) is 4.44. The van der Waals surface area contributed by atoms with Crippen LogP contribution < -0.4 is 10.6 Å². The van der Waals surface area contributed by atoms with Crippen LogP contribution in [0.5, 0.6) is 0 Å². The Morgan fingerprint density at radius 3 is 2.77 bits per heavy atom. The van der Waals surface area contributed by atoms with E-state index in [1.54, 1.807) is 24.3 Å². The number of carbonyl (C=O) groups excluding carboxylic acids is 1. The van der Waals surface area contributed by atoms with E-state index in [0.29, 0.717) is 17.1 Å². The Labute approximate surface area is 132 Å². The zero-order chi connectivity index (χ0) is 15.9. The quantitative estimate of drug-likeness (QED) is 0.766. The molecule has 22 heavy (non-hydrogen) atoms. The van der Waals surface area contributed by atoms with Gasteiger partial charge in [-0.1, -0.05) is 23.7 Å². The Morgan fingerprint density at radius 2 is 2.05 bits per heavy atom. The third-order valence-electron chi connectivity index (χ3n) is 3.02. The van der Waals surface area contributed by atoms with Gasteiger partial charge in [-0.3, -0.25) is 4.79 Å². The van der Waals surface area contributed by atoms with E-state index in [0.717, 1.165) is 11.3 Å². The van der Waals surface area contributed by atoms with Crippen LogP contribution >= 0.6 is 11.6 Å². The second-order valence-electron chi connectivity index (χ2n) is 4.65. The molecule has 0 radical (unpaired) electrons. The lowest BCUT2D eigenvalue weighted by molar-refractivity contribution is 0.0945. The molecule has 0 aliphatic carbocycles. The highest BCUT2D eigenvalue weighted by molar-refractivity contribution is 6.31. The highest BCUT2D eigenvalue weighted by atomic mass is 35.5. The average molecular weight is 323 g/mol. The summed E-state index contributed by atoms with van der Waals surface area (Å²) in [5.41, 5.74) is 2.00. The molecule has 0 aliphatic heterocycles. The highest BCUT2D eigenvalue weighted by Crippen LogP contribution is 2.19. The number of anilines is 1. The summed E-state index contributed by atoms with van der Waals surface area (Å²) in [4.78, 5) is 11.8. The van der Waals surface area contributed by atoms with Gasteiger partial charge < -0.3 is 15.7 Å². The molecular formula is C16H16ClFN2O2. The largest absolute Gasteiger partial charge is 0.395 e. The standard InChI is InChI=1S/C16H16ClFN2O2/c17-15-9-13(18)5-4-12(15)10-20-14-3-1-2-11(8-14)16(22)19-6-7-21/h1-5,8-9,20-21H,6-7,10H2,(H,19,22). The van der Waals surface area contributed by atoms with Crippen molar-refractivity contribution in [1.82, 2.24) is 5.32 Å². The molecule has 2 aromatic rings. The van der Waals surface area contributed by atoms with Crippen LogP contribution in [-0.4, -0.2) is 24.2 Å². The summed E-state index contributed by atoms with van der Waals surface area (Å²) in [6, 6.07) is 11.2. The van der Waals surface area contributed by atoms with Gasteiger partial charge in [0.15, 0.2) is 0 Å². The van der Waals surface area contributed by atoms with E-state index in [1.165, 1.54) is 12.1 Å². The monoisotopic (exact) mass is 322 g/mol.